The van der Waals surface area contributed by atoms with Crippen molar-refractivity contribution in [2.24, 2.45) is 0 Å². The summed E-state index contributed by atoms with van der Waals surface area (Å²) in [7, 11) is -2.96. The molecule has 3 N–H and O–H groups in total. The second-order valence-electron chi connectivity index (χ2n) is 4.60. The number of carbonyl (C=O) groups excluding carboxylic acids is 1. The molecule has 1 heterocycles. The molecule has 0 radical (unpaired) electrons. The van der Waals surface area contributed by atoms with E-state index in [1.165, 1.54) is 12.1 Å². The van der Waals surface area contributed by atoms with Crippen molar-refractivity contribution in [3.8, 4) is 11.5 Å². The Balaban J connectivity index is 2.02. The molecule has 0 atom stereocenters. The van der Waals surface area contributed by atoms with E-state index in [-0.39, 0.29) is 34.6 Å². The van der Waals surface area contributed by atoms with Gasteiger partial charge in [0.1, 0.15) is 21.3 Å². The number of aromatic hydroxyl groups is 2. The van der Waals surface area contributed by atoms with Crippen molar-refractivity contribution in [2.75, 3.05) is 11.5 Å². The molecule has 0 bridgehead atoms. The lowest BCUT2D eigenvalue weighted by atomic mass is 10.1. The summed E-state index contributed by atoms with van der Waals surface area (Å²) >= 11 is 0. The Morgan fingerprint density at radius 3 is 2.42 bits per heavy atom. The molecule has 2 rings (SSSR count). The number of nitrogens with one attached hydrogen (secondary N) is 1. The molecule has 1 aromatic carbocycles. The largest absolute Gasteiger partial charge is 0.508 e. The van der Waals surface area contributed by atoms with Crippen LogP contribution in [-0.4, -0.2) is 42.1 Å². The van der Waals surface area contributed by atoms with Crippen LogP contribution in [0.5, 0.6) is 11.5 Å². The van der Waals surface area contributed by atoms with Gasteiger partial charge in [-0.3, -0.25) is 4.79 Å². The number of phenols is 2. The highest BCUT2D eigenvalue weighted by Crippen LogP contribution is 2.23. The summed E-state index contributed by atoms with van der Waals surface area (Å²) in [6.07, 6.45) is 0.764. The molecule has 1 amide bonds. The molecular formula is C12H15NO5S. The van der Waals surface area contributed by atoms with E-state index in [4.69, 9.17) is 5.11 Å². The second kappa shape index (κ2) is 5.08. The fraction of sp³-hybridized carbons (Fsp3) is 0.417. The molecule has 0 unspecified atom stereocenters. The highest BCUT2D eigenvalue weighted by atomic mass is 32.2. The zero-order chi connectivity index (χ0) is 14.0. The van der Waals surface area contributed by atoms with Gasteiger partial charge in [-0.15, -0.1) is 0 Å². The summed E-state index contributed by atoms with van der Waals surface area (Å²) in [5, 5.41) is 21.4. The van der Waals surface area contributed by atoms with Gasteiger partial charge >= 0.3 is 0 Å². The minimum atomic E-state index is -2.96. The molecule has 1 aliphatic rings. The Labute approximate surface area is 111 Å². The zero-order valence-corrected chi connectivity index (χ0v) is 11.0. The van der Waals surface area contributed by atoms with E-state index >= 15 is 0 Å². The number of rotatable bonds is 2. The molecule has 7 heteroatoms. The van der Waals surface area contributed by atoms with Gasteiger partial charge < -0.3 is 15.5 Å². The van der Waals surface area contributed by atoms with Crippen LogP contribution in [-0.2, 0) is 9.84 Å². The SMILES string of the molecule is O=C(NC1CCS(=O)(=O)CC1)c1ccc(O)cc1O. The first-order valence-corrected chi connectivity index (χ1v) is 7.73. The molecule has 19 heavy (non-hydrogen) atoms. The number of hydrogen-bond donors (Lipinski definition) is 3. The number of phenolic OH excluding ortho intramolecular Hbond substituents is 2. The molecular weight excluding hydrogens is 270 g/mol. The van der Waals surface area contributed by atoms with Crippen molar-refractivity contribution in [1.29, 1.82) is 0 Å². The number of hydrogen-bond acceptors (Lipinski definition) is 5. The van der Waals surface area contributed by atoms with Crippen LogP contribution in [0, 0.1) is 0 Å². The molecule has 0 aromatic heterocycles. The molecule has 1 aromatic rings. The first-order valence-electron chi connectivity index (χ1n) is 5.91. The molecule has 1 aliphatic heterocycles. The molecule has 1 fully saturated rings. The van der Waals surface area contributed by atoms with Gasteiger partial charge in [-0.05, 0) is 25.0 Å². The smallest absolute Gasteiger partial charge is 0.255 e. The quantitative estimate of drug-likeness (QED) is 0.730. The predicted molar refractivity (Wildman–Crippen MR) is 68.9 cm³/mol. The van der Waals surface area contributed by atoms with Crippen LogP contribution in [0.4, 0.5) is 0 Å². The molecule has 1 saturated heterocycles. The first kappa shape index (κ1) is 13.7. The van der Waals surface area contributed by atoms with Crippen LogP contribution < -0.4 is 5.32 Å². The van der Waals surface area contributed by atoms with Gasteiger partial charge in [-0.2, -0.15) is 0 Å². The Kier molecular flexibility index (Phi) is 3.66. The fourth-order valence-electron chi connectivity index (χ4n) is 2.01. The summed E-state index contributed by atoms with van der Waals surface area (Å²) in [5.74, 6) is -0.764. The van der Waals surface area contributed by atoms with Crippen molar-refractivity contribution in [2.45, 2.75) is 18.9 Å². The average molecular weight is 285 g/mol. The van der Waals surface area contributed by atoms with E-state index in [0.717, 1.165) is 6.07 Å². The van der Waals surface area contributed by atoms with E-state index in [0.29, 0.717) is 12.8 Å². The van der Waals surface area contributed by atoms with Crippen LogP contribution in [0.25, 0.3) is 0 Å². The van der Waals surface area contributed by atoms with Gasteiger partial charge in [0.2, 0.25) is 0 Å². The van der Waals surface area contributed by atoms with E-state index in [2.05, 4.69) is 5.32 Å². The lowest BCUT2D eigenvalue weighted by Crippen LogP contribution is -2.40. The monoisotopic (exact) mass is 285 g/mol. The Morgan fingerprint density at radius 2 is 1.84 bits per heavy atom. The van der Waals surface area contributed by atoms with Crippen molar-refractivity contribution >= 4 is 15.7 Å². The Bertz CT molecular complexity index is 582. The van der Waals surface area contributed by atoms with E-state index in [9.17, 15) is 18.3 Å². The number of amides is 1. The van der Waals surface area contributed by atoms with Crippen molar-refractivity contribution in [3.05, 3.63) is 23.8 Å². The third-order valence-electron chi connectivity index (χ3n) is 3.12. The lowest BCUT2D eigenvalue weighted by Gasteiger charge is -2.23. The van der Waals surface area contributed by atoms with Gasteiger partial charge in [-0.1, -0.05) is 0 Å². The van der Waals surface area contributed by atoms with E-state index < -0.39 is 15.7 Å². The summed E-state index contributed by atoms with van der Waals surface area (Å²) < 4.78 is 22.5. The number of benzene rings is 1. The molecule has 0 aliphatic carbocycles. The summed E-state index contributed by atoms with van der Waals surface area (Å²) in [6.45, 7) is 0. The van der Waals surface area contributed by atoms with Crippen molar-refractivity contribution in [1.82, 2.24) is 5.32 Å². The topological polar surface area (TPSA) is 104 Å². The molecule has 6 nitrogen and oxygen atoms in total. The normalized spacial score (nSPS) is 18.9. The summed E-state index contributed by atoms with van der Waals surface area (Å²) in [5.41, 5.74) is 0.0613. The summed E-state index contributed by atoms with van der Waals surface area (Å²) in [4.78, 5) is 11.9. The maximum absolute atomic E-state index is 11.9. The van der Waals surface area contributed by atoms with E-state index in [1.807, 2.05) is 0 Å². The van der Waals surface area contributed by atoms with Crippen LogP contribution in [0.1, 0.15) is 23.2 Å². The standard InChI is InChI=1S/C12H15NO5S/c14-9-1-2-10(11(15)7-9)12(16)13-8-3-5-19(17,18)6-4-8/h1-2,7-8,14-15H,3-6H2,(H,13,16). The molecule has 0 spiro atoms. The van der Waals surface area contributed by atoms with Gasteiger partial charge in [0.15, 0.2) is 0 Å². The lowest BCUT2D eigenvalue weighted by molar-refractivity contribution is 0.0931. The van der Waals surface area contributed by atoms with E-state index in [1.54, 1.807) is 0 Å². The van der Waals surface area contributed by atoms with Gasteiger partial charge in [0.25, 0.3) is 5.91 Å². The summed E-state index contributed by atoms with van der Waals surface area (Å²) in [6, 6.07) is 3.50. The third kappa shape index (κ3) is 3.37. The van der Waals surface area contributed by atoms with Crippen LogP contribution >= 0.6 is 0 Å². The van der Waals surface area contributed by atoms with Gasteiger partial charge in [0, 0.05) is 12.1 Å². The van der Waals surface area contributed by atoms with Crippen LogP contribution in [0.3, 0.4) is 0 Å². The first-order chi connectivity index (χ1) is 8.87. The molecule has 0 saturated carbocycles. The number of carbonyl (C=O) groups is 1. The average Bonchev–Trinajstić information content (AvgIpc) is 2.31. The number of sulfone groups is 1. The van der Waals surface area contributed by atoms with Crippen molar-refractivity contribution < 1.29 is 23.4 Å². The highest BCUT2D eigenvalue weighted by Gasteiger charge is 2.25. The molecule has 104 valence electrons. The third-order valence-corrected chi connectivity index (χ3v) is 4.83. The van der Waals surface area contributed by atoms with Crippen molar-refractivity contribution in [3.63, 3.8) is 0 Å². The minimum absolute atomic E-state index is 0.0613. The van der Waals surface area contributed by atoms with Gasteiger partial charge in [-0.25, -0.2) is 8.42 Å². The maximum Gasteiger partial charge on any atom is 0.255 e. The minimum Gasteiger partial charge on any atom is -0.508 e. The highest BCUT2D eigenvalue weighted by molar-refractivity contribution is 7.91. The second-order valence-corrected chi connectivity index (χ2v) is 6.90. The fourth-order valence-corrected chi connectivity index (χ4v) is 3.50. The van der Waals surface area contributed by atoms with Gasteiger partial charge in [0.05, 0.1) is 17.1 Å². The maximum atomic E-state index is 11.9. The van der Waals surface area contributed by atoms with Crippen LogP contribution in [0.2, 0.25) is 0 Å². The Morgan fingerprint density at radius 1 is 1.21 bits per heavy atom. The zero-order valence-electron chi connectivity index (χ0n) is 10.2. The van der Waals surface area contributed by atoms with Crippen LogP contribution in [0.15, 0.2) is 18.2 Å². The Hall–Kier alpha value is -1.76. The predicted octanol–water partition coefficient (Wildman–Crippen LogP) is 0.405.